The number of nitrogens with zero attached hydrogens (tertiary/aromatic N) is 3. The Morgan fingerprint density at radius 2 is 1.59 bits per heavy atom. The number of carboxylic acids is 1. The highest BCUT2D eigenvalue weighted by atomic mass is 32.2. The van der Waals surface area contributed by atoms with E-state index in [0.29, 0.717) is 26.4 Å². The number of phenols is 1. The number of carbonyl (C=O) groups is 8. The molecule has 0 fully saturated rings. The number of likely N-dealkylation sites (N-methyl/N-ethyl adjacent to an activating group) is 1. The summed E-state index contributed by atoms with van der Waals surface area (Å²) in [4.78, 5) is 112. The predicted molar refractivity (Wildman–Crippen MR) is 280 cm³/mol. The molecule has 1 aromatic heterocycles. The van der Waals surface area contributed by atoms with Crippen molar-refractivity contribution in [3.63, 3.8) is 0 Å². The van der Waals surface area contributed by atoms with Gasteiger partial charge in [0.05, 0.1) is 37.7 Å². The molecule has 1 aromatic carbocycles. The number of amides is 4. The largest absolute Gasteiger partial charge is 0.506 e. The number of ketones is 2. The van der Waals surface area contributed by atoms with E-state index in [1.165, 1.54) is 54.9 Å². The molecule has 0 radical (unpaired) electrons. The summed E-state index contributed by atoms with van der Waals surface area (Å²) < 4.78 is 6.27. The minimum atomic E-state index is -1.08. The summed E-state index contributed by atoms with van der Waals surface area (Å²) in [5.41, 5.74) is 0.614. The quantitative estimate of drug-likeness (QED) is 0.0302. The molecule has 1 aliphatic rings. The van der Waals surface area contributed by atoms with Crippen molar-refractivity contribution in [1.82, 2.24) is 20.5 Å². The number of anilines is 1. The van der Waals surface area contributed by atoms with Crippen molar-refractivity contribution < 1.29 is 57.8 Å². The van der Waals surface area contributed by atoms with Crippen molar-refractivity contribution in [1.29, 1.82) is 0 Å². The van der Waals surface area contributed by atoms with E-state index < -0.39 is 59.7 Å². The van der Waals surface area contributed by atoms with Crippen LogP contribution in [0.2, 0.25) is 0 Å². The van der Waals surface area contributed by atoms with Crippen molar-refractivity contribution in [2.24, 2.45) is 35.5 Å². The van der Waals surface area contributed by atoms with Crippen LogP contribution < -0.4 is 16.0 Å². The number of benzene rings is 1. The number of carbonyl (C=O) groups excluding carboxylic acids is 7. The number of aromatic hydroxyl groups is 1. The third kappa shape index (κ3) is 18.6. The Morgan fingerprint density at radius 3 is 2.15 bits per heavy atom. The van der Waals surface area contributed by atoms with Crippen LogP contribution in [0, 0.1) is 35.5 Å². The summed E-state index contributed by atoms with van der Waals surface area (Å²) in [6.07, 6.45) is 0.0794. The number of esters is 1. The Labute approximate surface area is 432 Å². The molecule has 2 unspecified atom stereocenters. The molecule has 0 saturated carbocycles. The first-order chi connectivity index (χ1) is 33.1. The Kier molecular flexibility index (Phi) is 23.8. The minimum Gasteiger partial charge on any atom is -0.506 e. The zero-order valence-corrected chi connectivity index (χ0v) is 46.1. The number of carboxylic acid groups (broad SMARTS) is 1. The molecule has 3 rings (SSSR count). The number of thiazole rings is 1. The summed E-state index contributed by atoms with van der Waals surface area (Å²) in [7, 11) is 7.67. The second kappa shape index (κ2) is 27.9. The van der Waals surface area contributed by atoms with Gasteiger partial charge in [0.2, 0.25) is 11.8 Å². The highest BCUT2D eigenvalue weighted by molar-refractivity contribution is 8.22. The lowest BCUT2D eigenvalue weighted by Gasteiger charge is -2.38. The number of nitrogens with one attached hydrogen (secondary N) is 3. The second-order valence-electron chi connectivity index (χ2n) is 20.4. The van der Waals surface area contributed by atoms with E-state index in [0.717, 1.165) is 16.4 Å². The van der Waals surface area contributed by atoms with E-state index >= 15 is 0 Å². The average molecular weight is 1050 g/mol. The first-order valence-electron chi connectivity index (χ1n) is 24.3. The average Bonchev–Trinajstić information content (AvgIpc) is 4.01. The number of thioether (sulfide) groups is 2. The number of aromatic nitrogens is 1. The molecule has 394 valence electrons. The van der Waals surface area contributed by atoms with Crippen LogP contribution in [0.15, 0.2) is 33.9 Å². The Hall–Kier alpha value is -4.79. The van der Waals surface area contributed by atoms with Crippen LogP contribution in [0.5, 0.6) is 5.75 Å². The Morgan fingerprint density at radius 1 is 0.915 bits per heavy atom. The van der Waals surface area contributed by atoms with Crippen molar-refractivity contribution in [3.8, 4) is 5.75 Å². The molecule has 0 spiro atoms. The Bertz CT molecular complexity index is 2240. The summed E-state index contributed by atoms with van der Waals surface area (Å²) in [5.74, 6) is -5.98. The lowest BCUT2D eigenvalue weighted by molar-refractivity contribution is -0.889. The second-order valence-corrected chi connectivity index (χ2v) is 23.5. The molecule has 1 aliphatic heterocycles. The molecule has 17 nitrogen and oxygen atoms in total. The molecule has 2 heterocycles. The SMILES string of the molecule is CC[C@H](C)[C@H](CC(=O)[C@@H](C(C)C)[N+](C)(C)C)C(=O)N(C)[C@H](C[C@@H](OC(C)=O)c1nc(C(=O)N[C@@H](Cc2ccc(O)c(NC(=O)C(C)CC(=O)CCNC(=O)C3=CSCS3)c2)CC(C)C(=O)O)cs1)C(C)C. The number of rotatable bonds is 29. The van der Waals surface area contributed by atoms with Gasteiger partial charge in [0.1, 0.15) is 28.3 Å². The van der Waals surface area contributed by atoms with Crippen LogP contribution in [0.3, 0.4) is 0 Å². The fraction of sp³-hybridized carbons (Fsp3) is 0.627. The number of hydrogen-bond acceptors (Lipinski definition) is 14. The zero-order chi connectivity index (χ0) is 53.5. The van der Waals surface area contributed by atoms with Crippen molar-refractivity contribution in [2.45, 2.75) is 131 Å². The monoisotopic (exact) mass is 1050 g/mol. The number of phenolic OH excluding ortho intramolecular Hbond substituents is 1. The van der Waals surface area contributed by atoms with Crippen LogP contribution in [0.1, 0.15) is 128 Å². The first kappa shape index (κ1) is 60.5. The standard InChI is InChI=1S/C51H76N6O11S3/c1-14-30(6)37(23-42(61)45(29(4)5)57(11,12)13)50(65)56(10)40(28(2)3)24-43(68-33(9)58)49-55-39(25-70-49)47(63)53-35(19-32(8)51(66)67)21-34-15-16-41(60)38(22-34)54-46(62)31(7)20-36(59)17-18-52-48(64)44-26-69-27-71-44/h15-16,22,25-26,28-32,35,37,40,43,45H,14,17-21,23-24,27H2,1-13H3,(H4-,52,53,54,60,62,63,64,66,67)/p+1/t30-,31?,32?,35+,37-,40+,43+,45+/m0/s1. The maximum Gasteiger partial charge on any atom is 0.306 e. The Balaban J connectivity index is 1.79. The van der Waals surface area contributed by atoms with Gasteiger partial charge in [-0.1, -0.05) is 67.9 Å². The van der Waals surface area contributed by atoms with Crippen LogP contribution in [-0.4, -0.2) is 130 Å². The van der Waals surface area contributed by atoms with Gasteiger partial charge >= 0.3 is 11.9 Å². The number of aliphatic carboxylic acids is 1. The van der Waals surface area contributed by atoms with Gasteiger partial charge in [-0.05, 0) is 47.8 Å². The number of Topliss-reactive ketones (excluding diaryl/α,β-unsaturated/α-hetero) is 2. The zero-order valence-electron chi connectivity index (χ0n) is 43.7. The maximum absolute atomic E-state index is 14.5. The van der Waals surface area contributed by atoms with Gasteiger partial charge in [0.25, 0.3) is 11.8 Å². The molecule has 2 aromatic rings. The lowest BCUT2D eigenvalue weighted by Crippen LogP contribution is -2.54. The number of quaternary nitrogens is 1. The molecule has 20 heteroatoms. The molecule has 0 bridgehead atoms. The molecular weight excluding hydrogens is 969 g/mol. The molecule has 4 amide bonds. The first-order valence-corrected chi connectivity index (χ1v) is 27.2. The van der Waals surface area contributed by atoms with E-state index in [1.54, 1.807) is 30.3 Å². The normalized spacial score (nSPS) is 16.1. The minimum absolute atomic E-state index is 0.00171. The van der Waals surface area contributed by atoms with Gasteiger partial charge < -0.3 is 40.3 Å². The van der Waals surface area contributed by atoms with Crippen molar-refractivity contribution >= 4 is 87.7 Å². The topological polar surface area (TPSA) is 238 Å². The fourth-order valence-electron chi connectivity index (χ4n) is 8.94. The van der Waals surface area contributed by atoms with Gasteiger partial charge in [-0.2, -0.15) is 0 Å². The van der Waals surface area contributed by atoms with Gasteiger partial charge in [-0.15, -0.1) is 34.9 Å². The molecule has 5 N–H and O–H groups in total. The lowest BCUT2D eigenvalue weighted by atomic mass is 9.82. The predicted octanol–water partition coefficient (Wildman–Crippen LogP) is 7.45. The van der Waals surface area contributed by atoms with Crippen molar-refractivity contribution in [3.05, 3.63) is 50.2 Å². The number of hydrogen-bond donors (Lipinski definition) is 5. The summed E-state index contributed by atoms with van der Waals surface area (Å²) in [6.45, 7) is 16.4. The van der Waals surface area contributed by atoms with Gasteiger partial charge in [-0.25, -0.2) is 4.98 Å². The van der Waals surface area contributed by atoms with Crippen LogP contribution in [0.4, 0.5) is 5.69 Å². The van der Waals surface area contributed by atoms with E-state index in [2.05, 4.69) is 20.9 Å². The summed E-state index contributed by atoms with van der Waals surface area (Å²) >= 11 is 4.06. The molecule has 0 saturated heterocycles. The highest BCUT2D eigenvalue weighted by Gasteiger charge is 2.40. The summed E-state index contributed by atoms with van der Waals surface area (Å²) in [5, 5.41) is 33.2. The number of ether oxygens (including phenoxy) is 1. The van der Waals surface area contributed by atoms with Gasteiger partial charge in [-0.3, -0.25) is 38.4 Å². The third-order valence-corrected chi connectivity index (χ3v) is 16.0. The van der Waals surface area contributed by atoms with E-state index in [4.69, 9.17) is 4.74 Å². The molecular formula is C51H77N6O11S3+. The smallest absolute Gasteiger partial charge is 0.306 e. The highest BCUT2D eigenvalue weighted by Crippen LogP contribution is 2.34. The third-order valence-electron chi connectivity index (χ3n) is 12.8. The van der Waals surface area contributed by atoms with E-state index in [-0.39, 0.29) is 109 Å². The van der Waals surface area contributed by atoms with Gasteiger partial charge in [0.15, 0.2) is 11.9 Å². The van der Waals surface area contributed by atoms with Crippen LogP contribution in [-0.2, 0) is 44.7 Å². The molecule has 71 heavy (non-hydrogen) atoms. The van der Waals surface area contributed by atoms with E-state index in [1.807, 2.05) is 62.7 Å². The van der Waals surface area contributed by atoms with Gasteiger partial charge in [0, 0.05) is 86.5 Å². The maximum atomic E-state index is 14.5. The fourth-order valence-corrected chi connectivity index (χ4v) is 11.8. The van der Waals surface area contributed by atoms with Crippen LogP contribution >= 0.6 is 34.9 Å². The molecule has 8 atom stereocenters. The van der Waals surface area contributed by atoms with E-state index in [9.17, 15) is 48.6 Å². The summed E-state index contributed by atoms with van der Waals surface area (Å²) in [6, 6.07) is 2.97. The van der Waals surface area contributed by atoms with Crippen LogP contribution in [0.25, 0.3) is 0 Å². The van der Waals surface area contributed by atoms with Crippen molar-refractivity contribution in [2.75, 3.05) is 45.1 Å². The molecule has 0 aliphatic carbocycles.